The highest BCUT2D eigenvalue weighted by atomic mass is 32.2. The summed E-state index contributed by atoms with van der Waals surface area (Å²) in [7, 11) is -3.99. The fraction of sp³-hybridized carbons (Fsp3) is 0.778. The summed E-state index contributed by atoms with van der Waals surface area (Å²) in [4.78, 5) is 23.0. The Balaban J connectivity index is 4.06. The molecule has 0 aromatic heterocycles. The summed E-state index contributed by atoms with van der Waals surface area (Å²) >= 11 is 0. The quantitative estimate of drug-likeness (QED) is 0.128. The first kappa shape index (κ1) is 17.1. The summed E-state index contributed by atoms with van der Waals surface area (Å²) in [5.41, 5.74) is 2.18. The van der Waals surface area contributed by atoms with Crippen LogP contribution in [0, 0.1) is 0 Å². The second-order valence-electron chi connectivity index (χ2n) is 3.93. The first-order valence-electron chi connectivity index (χ1n) is 5.41. The molecule has 0 heterocycles. The van der Waals surface area contributed by atoms with Crippen molar-refractivity contribution in [3.63, 3.8) is 0 Å². The van der Waals surface area contributed by atoms with Crippen LogP contribution in [-0.2, 0) is 19.7 Å². The van der Waals surface area contributed by atoms with Crippen LogP contribution in [0.15, 0.2) is 0 Å². The van der Waals surface area contributed by atoms with Gasteiger partial charge in [-0.1, -0.05) is 0 Å². The molecule has 0 bridgehead atoms. The highest BCUT2D eigenvalue weighted by molar-refractivity contribution is 7.85. The molecular weight excluding hydrogens is 262 g/mol. The van der Waals surface area contributed by atoms with Gasteiger partial charge in [-0.2, -0.15) is 8.42 Å². The summed E-state index contributed by atoms with van der Waals surface area (Å²) in [5.74, 6) is 3.37. The fourth-order valence-electron chi connectivity index (χ4n) is 1.17. The molecule has 0 radical (unpaired) electrons. The van der Waals surface area contributed by atoms with E-state index in [1.807, 2.05) is 0 Å². The summed E-state index contributed by atoms with van der Waals surface area (Å²) in [5, 5.41) is 2.70. The van der Waals surface area contributed by atoms with Gasteiger partial charge in [0.05, 0.1) is 17.8 Å². The van der Waals surface area contributed by atoms with Gasteiger partial charge in [0.15, 0.2) is 0 Å². The number of ketones is 2. The van der Waals surface area contributed by atoms with E-state index in [1.54, 1.807) is 0 Å². The van der Waals surface area contributed by atoms with Crippen molar-refractivity contribution in [1.29, 1.82) is 0 Å². The monoisotopic (exact) mass is 281 g/mol. The molecule has 9 heteroatoms. The Labute approximate surface area is 106 Å². The van der Waals surface area contributed by atoms with Crippen molar-refractivity contribution in [2.24, 2.45) is 5.84 Å². The maximum absolute atomic E-state index is 11.6. The molecule has 5 N–H and O–H groups in total. The lowest BCUT2D eigenvalue weighted by Gasteiger charge is -2.14. The van der Waals surface area contributed by atoms with E-state index < -0.39 is 39.5 Å². The fourth-order valence-corrected chi connectivity index (χ4v) is 1.68. The van der Waals surface area contributed by atoms with Gasteiger partial charge < -0.3 is 5.32 Å². The number of hydrogen-bond acceptors (Lipinski definition) is 7. The van der Waals surface area contributed by atoms with Crippen molar-refractivity contribution < 1.29 is 22.6 Å². The zero-order chi connectivity index (χ0) is 14.3. The van der Waals surface area contributed by atoms with Crippen molar-refractivity contribution in [2.75, 3.05) is 12.3 Å². The summed E-state index contributed by atoms with van der Waals surface area (Å²) < 4.78 is 29.3. The van der Waals surface area contributed by atoms with Crippen LogP contribution in [0.5, 0.6) is 0 Å². The predicted octanol–water partition coefficient (Wildman–Crippen LogP) is -1.77. The predicted molar refractivity (Wildman–Crippen MR) is 65.3 cm³/mol. The number of Topliss-reactive ketones (excluding diaryl/α,β-unsaturated/α-hetero) is 2. The van der Waals surface area contributed by atoms with E-state index in [0.717, 1.165) is 0 Å². The molecule has 0 aromatic rings. The van der Waals surface area contributed by atoms with Crippen LogP contribution < -0.4 is 16.6 Å². The molecule has 0 aliphatic carbocycles. The molecular formula is C9H19N3O5S. The molecule has 0 aromatic carbocycles. The Morgan fingerprint density at radius 1 is 1.22 bits per heavy atom. The largest absolute Gasteiger partial charge is 0.307 e. The molecule has 0 aliphatic rings. The normalized spacial score (nSPS) is 15.1. The molecule has 0 aliphatic heterocycles. The van der Waals surface area contributed by atoms with Crippen molar-refractivity contribution in [3.05, 3.63) is 0 Å². The number of carbonyl (C=O) groups excluding carboxylic acids is 2. The molecule has 0 fully saturated rings. The molecule has 8 nitrogen and oxygen atoms in total. The molecule has 106 valence electrons. The average Bonchev–Trinajstić information content (AvgIpc) is 2.30. The van der Waals surface area contributed by atoms with Crippen LogP contribution in [0.2, 0.25) is 0 Å². The molecule has 0 amide bonds. The lowest BCUT2D eigenvalue weighted by Crippen LogP contribution is -2.48. The maximum atomic E-state index is 11.6. The van der Waals surface area contributed by atoms with Crippen LogP contribution in [0.1, 0.15) is 20.3 Å². The lowest BCUT2D eigenvalue weighted by atomic mass is 10.1. The van der Waals surface area contributed by atoms with Crippen LogP contribution in [-0.4, -0.2) is 48.9 Å². The van der Waals surface area contributed by atoms with Gasteiger partial charge in [0.2, 0.25) is 11.6 Å². The van der Waals surface area contributed by atoms with E-state index >= 15 is 0 Å². The highest BCUT2D eigenvalue weighted by Crippen LogP contribution is 1.93. The number of nitrogens with one attached hydrogen (secondary N) is 2. The van der Waals surface area contributed by atoms with Gasteiger partial charge in [-0.15, -0.1) is 0 Å². The maximum Gasteiger partial charge on any atom is 0.264 e. The van der Waals surface area contributed by atoms with Gasteiger partial charge in [0, 0.05) is 0 Å². The van der Waals surface area contributed by atoms with Gasteiger partial charge in [-0.25, -0.2) is 5.43 Å². The van der Waals surface area contributed by atoms with Crippen molar-refractivity contribution in [1.82, 2.24) is 10.7 Å². The van der Waals surface area contributed by atoms with Crippen molar-refractivity contribution in [3.8, 4) is 0 Å². The van der Waals surface area contributed by atoms with E-state index in [-0.39, 0.29) is 13.0 Å². The van der Waals surface area contributed by atoms with Crippen molar-refractivity contribution >= 4 is 21.7 Å². The third-order valence-electron chi connectivity index (χ3n) is 2.31. The van der Waals surface area contributed by atoms with E-state index in [0.29, 0.717) is 0 Å². The van der Waals surface area contributed by atoms with Gasteiger partial charge in [0.1, 0.15) is 0 Å². The minimum absolute atomic E-state index is 0.148. The molecule has 0 saturated carbocycles. The topological polar surface area (TPSA) is 139 Å². The Morgan fingerprint density at radius 3 is 2.17 bits per heavy atom. The Hall–Kier alpha value is -0.870. The molecule has 2 atom stereocenters. The number of carbonyl (C=O) groups is 2. The first-order valence-corrected chi connectivity index (χ1v) is 7.02. The molecule has 0 saturated heterocycles. The average molecular weight is 281 g/mol. The van der Waals surface area contributed by atoms with E-state index in [9.17, 15) is 18.0 Å². The van der Waals surface area contributed by atoms with E-state index in [1.165, 1.54) is 13.8 Å². The second kappa shape index (κ2) is 7.54. The zero-order valence-corrected chi connectivity index (χ0v) is 11.2. The highest BCUT2D eigenvalue weighted by Gasteiger charge is 2.24. The van der Waals surface area contributed by atoms with E-state index in [2.05, 4.69) is 10.7 Å². The minimum atomic E-state index is -3.99. The molecule has 0 rings (SSSR count). The SMILES string of the molecule is CC(NN)C(=O)C(=O)C(C)NCCCS(=O)(=O)O. The summed E-state index contributed by atoms with van der Waals surface area (Å²) in [6, 6.07) is -1.49. The molecule has 0 spiro atoms. The Bertz CT molecular complexity index is 395. The van der Waals surface area contributed by atoms with Crippen LogP contribution in [0.4, 0.5) is 0 Å². The number of hydrazine groups is 1. The number of hydrogen-bond donors (Lipinski definition) is 4. The molecule has 2 unspecified atom stereocenters. The number of rotatable bonds is 9. The van der Waals surface area contributed by atoms with Gasteiger partial charge >= 0.3 is 0 Å². The first-order chi connectivity index (χ1) is 8.19. The van der Waals surface area contributed by atoms with Crippen molar-refractivity contribution in [2.45, 2.75) is 32.4 Å². The van der Waals surface area contributed by atoms with Crippen LogP contribution in [0.25, 0.3) is 0 Å². The van der Waals surface area contributed by atoms with E-state index in [4.69, 9.17) is 10.4 Å². The third kappa shape index (κ3) is 6.77. The Kier molecular flexibility index (Phi) is 7.18. The molecule has 18 heavy (non-hydrogen) atoms. The lowest BCUT2D eigenvalue weighted by molar-refractivity contribution is -0.138. The van der Waals surface area contributed by atoms with Crippen LogP contribution >= 0.6 is 0 Å². The summed E-state index contributed by atoms with van der Waals surface area (Å²) in [6.45, 7) is 3.16. The van der Waals surface area contributed by atoms with Gasteiger partial charge in [-0.05, 0) is 26.8 Å². The van der Waals surface area contributed by atoms with Crippen LogP contribution in [0.3, 0.4) is 0 Å². The standard InChI is InChI=1S/C9H19N3O5S/c1-6(8(13)9(14)7(2)12-10)11-4-3-5-18(15,16)17/h6-7,11-12H,3-5,10H2,1-2H3,(H,15,16,17). The smallest absolute Gasteiger partial charge is 0.264 e. The Morgan fingerprint density at radius 2 is 1.72 bits per heavy atom. The minimum Gasteiger partial charge on any atom is -0.307 e. The number of nitrogens with two attached hydrogens (primary N) is 1. The van der Waals surface area contributed by atoms with Gasteiger partial charge in [-0.3, -0.25) is 20.0 Å². The summed E-state index contributed by atoms with van der Waals surface area (Å²) in [6.07, 6.45) is 0.148. The second-order valence-corrected chi connectivity index (χ2v) is 5.50. The third-order valence-corrected chi connectivity index (χ3v) is 3.11. The van der Waals surface area contributed by atoms with Gasteiger partial charge in [0.25, 0.3) is 10.1 Å². The zero-order valence-electron chi connectivity index (χ0n) is 10.3.